The molecular weight excluding hydrogens is 255 g/mol. The summed E-state index contributed by atoms with van der Waals surface area (Å²) in [6.45, 7) is 3.93. The quantitative estimate of drug-likeness (QED) is 0.823. The van der Waals surface area contributed by atoms with Crippen molar-refractivity contribution < 1.29 is 18.0 Å². The maximum Gasteiger partial charge on any atom is 0.417 e. The van der Waals surface area contributed by atoms with Crippen LogP contribution < -0.4 is 4.84 Å². The molecule has 0 amide bonds. The largest absolute Gasteiger partial charge is 0.417 e. The lowest BCUT2D eigenvalue weighted by atomic mass is 10.0. The third kappa shape index (κ3) is 2.59. The van der Waals surface area contributed by atoms with Crippen LogP contribution in [0.25, 0.3) is 11.3 Å². The first-order valence-electron chi connectivity index (χ1n) is 5.93. The maximum atomic E-state index is 13.0. The summed E-state index contributed by atoms with van der Waals surface area (Å²) < 4.78 is 40.5. The van der Waals surface area contributed by atoms with Gasteiger partial charge in [0.15, 0.2) is 0 Å². The van der Waals surface area contributed by atoms with E-state index in [1.54, 1.807) is 32.2 Å². The van der Waals surface area contributed by atoms with Gasteiger partial charge in [-0.15, -0.1) is 0 Å². The molecule has 0 atom stereocenters. The molecule has 0 radical (unpaired) electrons. The molecule has 102 valence electrons. The first-order valence-corrected chi connectivity index (χ1v) is 5.93. The standard InChI is InChI=1S/C14H14F3NO/c1-3-19-18-9-8-10(2)13(18)11-6-4-5-7-12(11)14(15,16)17/h4-9H,3H2,1-2H3. The Labute approximate surface area is 109 Å². The molecule has 0 spiro atoms. The SMILES string of the molecule is CCOn1ccc(C)c1-c1ccccc1C(F)(F)F. The maximum absolute atomic E-state index is 13.0. The number of hydrogen-bond donors (Lipinski definition) is 0. The van der Waals surface area contributed by atoms with Gasteiger partial charge in [0.25, 0.3) is 0 Å². The fourth-order valence-electron chi connectivity index (χ4n) is 2.02. The molecule has 0 bridgehead atoms. The van der Waals surface area contributed by atoms with Gasteiger partial charge in [0.05, 0.1) is 11.3 Å². The monoisotopic (exact) mass is 269 g/mol. The van der Waals surface area contributed by atoms with E-state index >= 15 is 0 Å². The molecule has 5 heteroatoms. The molecule has 0 N–H and O–H groups in total. The van der Waals surface area contributed by atoms with Gasteiger partial charge in [-0.2, -0.15) is 17.9 Å². The Morgan fingerprint density at radius 2 is 1.84 bits per heavy atom. The van der Waals surface area contributed by atoms with Crippen LogP contribution in [0.1, 0.15) is 18.1 Å². The summed E-state index contributed by atoms with van der Waals surface area (Å²) >= 11 is 0. The van der Waals surface area contributed by atoms with Crippen molar-refractivity contribution in [1.29, 1.82) is 0 Å². The summed E-state index contributed by atoms with van der Waals surface area (Å²) in [6.07, 6.45) is -2.76. The van der Waals surface area contributed by atoms with Gasteiger partial charge in [-0.1, -0.05) is 18.2 Å². The lowest BCUT2D eigenvalue weighted by molar-refractivity contribution is -0.137. The highest BCUT2D eigenvalue weighted by Crippen LogP contribution is 2.37. The smallest absolute Gasteiger partial charge is 0.414 e. The first kappa shape index (κ1) is 13.5. The average molecular weight is 269 g/mol. The van der Waals surface area contributed by atoms with E-state index in [0.29, 0.717) is 12.3 Å². The van der Waals surface area contributed by atoms with Gasteiger partial charge in [0.1, 0.15) is 6.61 Å². The molecule has 0 aliphatic heterocycles. The molecule has 1 aromatic heterocycles. The minimum Gasteiger partial charge on any atom is -0.414 e. The molecule has 0 saturated carbocycles. The third-order valence-electron chi connectivity index (χ3n) is 2.81. The van der Waals surface area contributed by atoms with Crippen LogP contribution in [0.15, 0.2) is 36.5 Å². The fourth-order valence-corrected chi connectivity index (χ4v) is 2.02. The van der Waals surface area contributed by atoms with Crippen molar-refractivity contribution in [2.45, 2.75) is 20.0 Å². The fraction of sp³-hybridized carbons (Fsp3) is 0.286. The van der Waals surface area contributed by atoms with Gasteiger partial charge in [-0.05, 0) is 31.5 Å². The Bertz CT molecular complexity index is 572. The van der Waals surface area contributed by atoms with Crippen molar-refractivity contribution in [1.82, 2.24) is 4.73 Å². The summed E-state index contributed by atoms with van der Waals surface area (Å²) in [6, 6.07) is 7.25. The number of aryl methyl sites for hydroxylation is 1. The molecule has 0 unspecified atom stereocenters. The van der Waals surface area contributed by atoms with E-state index in [1.807, 2.05) is 0 Å². The van der Waals surface area contributed by atoms with Gasteiger partial charge in [0, 0.05) is 11.8 Å². The van der Waals surface area contributed by atoms with Crippen molar-refractivity contribution in [2.24, 2.45) is 0 Å². The highest BCUT2D eigenvalue weighted by molar-refractivity contribution is 5.68. The van der Waals surface area contributed by atoms with E-state index in [9.17, 15) is 13.2 Å². The number of halogens is 3. The molecule has 0 fully saturated rings. The second-order valence-electron chi connectivity index (χ2n) is 4.13. The lowest BCUT2D eigenvalue weighted by Gasteiger charge is -2.15. The molecule has 0 aliphatic carbocycles. The zero-order chi connectivity index (χ0) is 14.0. The number of rotatable bonds is 3. The predicted octanol–water partition coefficient (Wildman–Crippen LogP) is 3.93. The third-order valence-corrected chi connectivity index (χ3v) is 2.81. The number of aromatic nitrogens is 1. The zero-order valence-corrected chi connectivity index (χ0v) is 10.7. The second kappa shape index (κ2) is 4.99. The normalized spacial score (nSPS) is 11.6. The molecule has 2 nitrogen and oxygen atoms in total. The second-order valence-corrected chi connectivity index (χ2v) is 4.13. The molecule has 2 rings (SSSR count). The Morgan fingerprint density at radius 1 is 1.16 bits per heavy atom. The van der Waals surface area contributed by atoms with Crippen LogP contribution in [0, 0.1) is 6.92 Å². The van der Waals surface area contributed by atoms with Crippen molar-refractivity contribution in [3.05, 3.63) is 47.7 Å². The summed E-state index contributed by atoms with van der Waals surface area (Å²) in [4.78, 5) is 5.33. The van der Waals surface area contributed by atoms with Crippen molar-refractivity contribution in [2.75, 3.05) is 6.61 Å². The minimum atomic E-state index is -4.38. The lowest BCUT2D eigenvalue weighted by Crippen LogP contribution is -2.13. The molecule has 0 saturated heterocycles. The molecule has 1 heterocycles. The number of nitrogens with zero attached hydrogens (tertiary/aromatic N) is 1. The molecular formula is C14H14F3NO. The summed E-state index contributed by atoms with van der Waals surface area (Å²) in [5, 5.41) is 0. The van der Waals surface area contributed by atoms with Gasteiger partial charge < -0.3 is 4.84 Å². The minimum absolute atomic E-state index is 0.131. The van der Waals surface area contributed by atoms with Crippen LogP contribution in [-0.2, 0) is 6.18 Å². The molecule has 1 aromatic carbocycles. The predicted molar refractivity (Wildman–Crippen MR) is 66.7 cm³/mol. The van der Waals surface area contributed by atoms with Crippen LogP contribution in [0.4, 0.5) is 13.2 Å². The van der Waals surface area contributed by atoms with Crippen LogP contribution >= 0.6 is 0 Å². The highest BCUT2D eigenvalue weighted by Gasteiger charge is 2.34. The van der Waals surface area contributed by atoms with E-state index in [1.165, 1.54) is 16.9 Å². The van der Waals surface area contributed by atoms with Crippen molar-refractivity contribution in [3.8, 4) is 11.3 Å². The van der Waals surface area contributed by atoms with Crippen molar-refractivity contribution >= 4 is 0 Å². The van der Waals surface area contributed by atoms with E-state index in [2.05, 4.69) is 0 Å². The highest BCUT2D eigenvalue weighted by atomic mass is 19.4. The molecule has 0 aliphatic rings. The van der Waals surface area contributed by atoms with Crippen LogP contribution in [0.2, 0.25) is 0 Å². The summed E-state index contributed by atoms with van der Waals surface area (Å²) in [5.41, 5.74) is 0.656. The number of alkyl halides is 3. The Balaban J connectivity index is 2.63. The number of hydrogen-bond acceptors (Lipinski definition) is 1. The van der Waals surface area contributed by atoms with E-state index in [4.69, 9.17) is 4.84 Å². The topological polar surface area (TPSA) is 14.2 Å². The van der Waals surface area contributed by atoms with Crippen molar-refractivity contribution in [3.63, 3.8) is 0 Å². The van der Waals surface area contributed by atoms with E-state index in [0.717, 1.165) is 11.6 Å². The Hall–Kier alpha value is -1.91. The summed E-state index contributed by atoms with van der Waals surface area (Å²) in [5.74, 6) is 0. The van der Waals surface area contributed by atoms with Gasteiger partial charge in [-0.25, -0.2) is 0 Å². The number of benzene rings is 1. The van der Waals surface area contributed by atoms with Crippen LogP contribution in [0.3, 0.4) is 0 Å². The Kier molecular flexibility index (Phi) is 3.55. The average Bonchev–Trinajstić information content (AvgIpc) is 2.70. The Morgan fingerprint density at radius 3 is 2.47 bits per heavy atom. The van der Waals surface area contributed by atoms with Gasteiger partial charge >= 0.3 is 6.18 Å². The van der Waals surface area contributed by atoms with E-state index in [-0.39, 0.29) is 5.56 Å². The molecule has 19 heavy (non-hydrogen) atoms. The van der Waals surface area contributed by atoms with E-state index < -0.39 is 11.7 Å². The summed E-state index contributed by atoms with van der Waals surface area (Å²) in [7, 11) is 0. The van der Waals surface area contributed by atoms with Gasteiger partial charge in [-0.3, -0.25) is 0 Å². The molecule has 2 aromatic rings. The zero-order valence-electron chi connectivity index (χ0n) is 10.7. The first-order chi connectivity index (χ1) is 8.95. The van der Waals surface area contributed by atoms with Gasteiger partial charge in [0.2, 0.25) is 0 Å². The van der Waals surface area contributed by atoms with Crippen LogP contribution in [0.5, 0.6) is 0 Å². The van der Waals surface area contributed by atoms with Crippen LogP contribution in [-0.4, -0.2) is 11.3 Å².